The number of carbonyl (C=O) groups is 1. The van der Waals surface area contributed by atoms with Gasteiger partial charge in [-0.1, -0.05) is 31.2 Å². The van der Waals surface area contributed by atoms with Crippen molar-refractivity contribution in [2.75, 3.05) is 18.0 Å². The quantitative estimate of drug-likeness (QED) is 0.940. The molecule has 1 N–H and O–H groups in total. The number of anilines is 1. The molecule has 2 amide bonds. The van der Waals surface area contributed by atoms with Crippen LogP contribution in [0.2, 0.25) is 0 Å². The molecule has 1 aliphatic heterocycles. The third kappa shape index (κ3) is 2.89. The molecule has 2 aromatic rings. The maximum atomic E-state index is 12.3. The van der Waals surface area contributed by atoms with Crippen molar-refractivity contribution in [3.8, 4) is 0 Å². The van der Waals surface area contributed by atoms with Crippen LogP contribution >= 0.6 is 0 Å². The number of hydrogen-bond donors (Lipinski definition) is 1. The van der Waals surface area contributed by atoms with Crippen LogP contribution in [-0.2, 0) is 6.42 Å². The Kier molecular flexibility index (Phi) is 3.86. The van der Waals surface area contributed by atoms with Crippen molar-refractivity contribution in [3.63, 3.8) is 0 Å². The molecule has 0 radical (unpaired) electrons. The molecule has 1 atom stereocenters. The molecule has 3 rings (SSSR count). The molecule has 1 aromatic carbocycles. The molecular weight excluding hydrogens is 262 g/mol. The van der Waals surface area contributed by atoms with Crippen molar-refractivity contribution in [2.24, 2.45) is 0 Å². The molecule has 4 heteroatoms. The molecule has 0 aliphatic carbocycles. The van der Waals surface area contributed by atoms with Crippen molar-refractivity contribution >= 4 is 11.7 Å². The number of amides is 2. The van der Waals surface area contributed by atoms with E-state index < -0.39 is 0 Å². The van der Waals surface area contributed by atoms with E-state index in [9.17, 15) is 4.79 Å². The van der Waals surface area contributed by atoms with Crippen LogP contribution in [0.15, 0.2) is 48.7 Å². The minimum atomic E-state index is -0.0252. The fourth-order valence-corrected chi connectivity index (χ4v) is 2.75. The van der Waals surface area contributed by atoms with Crippen LogP contribution in [0, 0.1) is 0 Å². The maximum absolute atomic E-state index is 12.3. The summed E-state index contributed by atoms with van der Waals surface area (Å²) in [6.07, 6.45) is 2.52. The van der Waals surface area contributed by atoms with Crippen LogP contribution in [-0.4, -0.2) is 24.1 Å². The summed E-state index contributed by atoms with van der Waals surface area (Å²) in [4.78, 5) is 18.4. The first-order chi connectivity index (χ1) is 10.3. The first-order valence-corrected chi connectivity index (χ1v) is 7.30. The van der Waals surface area contributed by atoms with Gasteiger partial charge in [-0.25, -0.2) is 4.79 Å². The van der Waals surface area contributed by atoms with Gasteiger partial charge in [-0.3, -0.25) is 9.88 Å². The molecule has 4 nitrogen and oxygen atoms in total. The van der Waals surface area contributed by atoms with Gasteiger partial charge in [0.1, 0.15) is 0 Å². The topological polar surface area (TPSA) is 45.2 Å². The Labute approximate surface area is 124 Å². The normalized spacial score (nSPS) is 16.6. The van der Waals surface area contributed by atoms with E-state index in [2.05, 4.69) is 23.3 Å². The van der Waals surface area contributed by atoms with Gasteiger partial charge in [0, 0.05) is 43.0 Å². The summed E-state index contributed by atoms with van der Waals surface area (Å²) >= 11 is 0. The molecule has 0 saturated carbocycles. The molecule has 1 aromatic heterocycles. The summed E-state index contributed by atoms with van der Waals surface area (Å²) in [7, 11) is 0. The number of urea groups is 1. The fourth-order valence-electron chi connectivity index (χ4n) is 2.75. The van der Waals surface area contributed by atoms with Crippen molar-refractivity contribution in [1.82, 2.24) is 10.3 Å². The van der Waals surface area contributed by atoms with Gasteiger partial charge in [-0.15, -0.1) is 0 Å². The lowest BCUT2D eigenvalue weighted by atomic mass is 10.0. The minimum absolute atomic E-state index is 0.0252. The second-order valence-corrected chi connectivity index (χ2v) is 5.37. The lowest BCUT2D eigenvalue weighted by Gasteiger charge is -2.18. The number of hydrogen-bond acceptors (Lipinski definition) is 2. The van der Waals surface area contributed by atoms with Gasteiger partial charge in [-0.05, 0) is 23.8 Å². The first kappa shape index (κ1) is 13.6. The van der Waals surface area contributed by atoms with E-state index in [0.29, 0.717) is 12.5 Å². The fraction of sp³-hybridized carbons (Fsp3) is 0.294. The highest BCUT2D eigenvalue weighted by Crippen LogP contribution is 2.35. The largest absolute Gasteiger partial charge is 0.337 e. The van der Waals surface area contributed by atoms with E-state index in [1.165, 1.54) is 5.56 Å². The zero-order valence-corrected chi connectivity index (χ0v) is 12.1. The highest BCUT2D eigenvalue weighted by Gasteiger charge is 2.28. The number of nitrogens with one attached hydrogen (secondary N) is 1. The van der Waals surface area contributed by atoms with Gasteiger partial charge in [0.05, 0.1) is 0 Å². The van der Waals surface area contributed by atoms with Gasteiger partial charge < -0.3 is 5.32 Å². The number of benzene rings is 1. The molecular formula is C17H19N3O. The molecule has 2 heterocycles. The van der Waals surface area contributed by atoms with E-state index in [0.717, 1.165) is 24.3 Å². The average molecular weight is 281 g/mol. The Morgan fingerprint density at radius 2 is 2.10 bits per heavy atom. The monoisotopic (exact) mass is 281 g/mol. The lowest BCUT2D eigenvalue weighted by molar-refractivity contribution is 0.246. The Bertz CT molecular complexity index is 627. The number of rotatable bonds is 3. The molecule has 1 unspecified atom stereocenters. The summed E-state index contributed by atoms with van der Waals surface area (Å²) in [6.45, 7) is 3.50. The first-order valence-electron chi connectivity index (χ1n) is 7.30. The van der Waals surface area contributed by atoms with Crippen molar-refractivity contribution < 1.29 is 4.79 Å². The third-order valence-electron chi connectivity index (χ3n) is 3.84. The van der Waals surface area contributed by atoms with E-state index in [1.807, 2.05) is 41.3 Å². The van der Waals surface area contributed by atoms with Crippen LogP contribution in [0.4, 0.5) is 10.5 Å². The van der Waals surface area contributed by atoms with Gasteiger partial charge >= 0.3 is 6.03 Å². The minimum Gasteiger partial charge on any atom is -0.337 e. The number of aromatic nitrogens is 1. The number of pyridine rings is 1. The smallest absolute Gasteiger partial charge is 0.321 e. The third-order valence-corrected chi connectivity index (χ3v) is 3.84. The van der Waals surface area contributed by atoms with Gasteiger partial charge in [0.2, 0.25) is 0 Å². The van der Waals surface area contributed by atoms with Gasteiger partial charge in [0.15, 0.2) is 0 Å². The van der Waals surface area contributed by atoms with Crippen molar-refractivity contribution in [3.05, 3.63) is 59.9 Å². The molecule has 108 valence electrons. The Balaban J connectivity index is 1.60. The SMILES string of the molecule is CC1CN(C(=O)NCCc2ccccn2)c2ccccc21. The van der Waals surface area contributed by atoms with Gasteiger partial charge in [0.25, 0.3) is 0 Å². The van der Waals surface area contributed by atoms with Crippen LogP contribution in [0.1, 0.15) is 24.1 Å². The van der Waals surface area contributed by atoms with E-state index in [-0.39, 0.29) is 6.03 Å². The molecule has 21 heavy (non-hydrogen) atoms. The van der Waals surface area contributed by atoms with Crippen LogP contribution < -0.4 is 10.2 Å². The highest BCUT2D eigenvalue weighted by atomic mass is 16.2. The standard InChI is InChI=1S/C17H19N3O/c1-13-12-20(16-8-3-2-7-15(13)16)17(21)19-11-9-14-6-4-5-10-18-14/h2-8,10,13H,9,11-12H2,1H3,(H,19,21). The molecule has 0 fully saturated rings. The summed E-state index contributed by atoms with van der Waals surface area (Å²) in [5.41, 5.74) is 3.27. The number of nitrogens with zero attached hydrogens (tertiary/aromatic N) is 2. The van der Waals surface area contributed by atoms with E-state index in [1.54, 1.807) is 6.20 Å². The number of para-hydroxylation sites is 1. The zero-order valence-electron chi connectivity index (χ0n) is 12.1. The predicted octanol–water partition coefficient (Wildman–Crippen LogP) is 2.96. The van der Waals surface area contributed by atoms with Crippen molar-refractivity contribution in [1.29, 1.82) is 0 Å². The van der Waals surface area contributed by atoms with E-state index in [4.69, 9.17) is 0 Å². The van der Waals surface area contributed by atoms with E-state index >= 15 is 0 Å². The molecule has 0 spiro atoms. The second-order valence-electron chi connectivity index (χ2n) is 5.37. The van der Waals surface area contributed by atoms with Crippen LogP contribution in [0.25, 0.3) is 0 Å². The molecule has 1 aliphatic rings. The Morgan fingerprint density at radius 3 is 2.90 bits per heavy atom. The predicted molar refractivity (Wildman–Crippen MR) is 83.5 cm³/mol. The van der Waals surface area contributed by atoms with Crippen LogP contribution in [0.3, 0.4) is 0 Å². The zero-order chi connectivity index (χ0) is 14.7. The molecule has 0 saturated heterocycles. The molecule has 0 bridgehead atoms. The summed E-state index contributed by atoms with van der Waals surface area (Å²) in [6, 6.07) is 13.9. The Morgan fingerprint density at radius 1 is 1.29 bits per heavy atom. The Hall–Kier alpha value is -2.36. The lowest BCUT2D eigenvalue weighted by Crippen LogP contribution is -2.40. The van der Waals surface area contributed by atoms with Crippen molar-refractivity contribution in [2.45, 2.75) is 19.3 Å². The second kappa shape index (κ2) is 5.95. The van der Waals surface area contributed by atoms with Crippen LogP contribution in [0.5, 0.6) is 0 Å². The van der Waals surface area contributed by atoms with Gasteiger partial charge in [-0.2, -0.15) is 0 Å². The summed E-state index contributed by atoms with van der Waals surface area (Å²) < 4.78 is 0. The summed E-state index contributed by atoms with van der Waals surface area (Å²) in [5, 5.41) is 2.98. The number of carbonyl (C=O) groups excluding carboxylic acids is 1. The summed E-state index contributed by atoms with van der Waals surface area (Å²) in [5.74, 6) is 0.391. The maximum Gasteiger partial charge on any atom is 0.321 e. The number of fused-ring (bicyclic) bond motifs is 1. The average Bonchev–Trinajstić information content (AvgIpc) is 2.86. The highest BCUT2D eigenvalue weighted by molar-refractivity contribution is 5.94.